The van der Waals surface area contributed by atoms with Crippen molar-refractivity contribution in [3.05, 3.63) is 11.6 Å². The van der Waals surface area contributed by atoms with E-state index in [0.29, 0.717) is 5.92 Å². The van der Waals surface area contributed by atoms with Crippen LogP contribution in [0, 0.1) is 11.8 Å². The Morgan fingerprint density at radius 1 is 1.57 bits per heavy atom. The van der Waals surface area contributed by atoms with Crippen LogP contribution in [0.25, 0.3) is 0 Å². The van der Waals surface area contributed by atoms with Crippen LogP contribution in [0.3, 0.4) is 0 Å². The van der Waals surface area contributed by atoms with E-state index in [4.69, 9.17) is 4.74 Å². The molecule has 0 aromatic heterocycles. The second-order valence-corrected chi connectivity index (χ2v) is 4.66. The molecule has 1 aliphatic heterocycles. The fourth-order valence-corrected chi connectivity index (χ4v) is 1.70. The quantitative estimate of drug-likeness (QED) is 0.682. The molecule has 0 saturated carbocycles. The predicted molar refractivity (Wildman–Crippen MR) is 60.4 cm³/mol. The maximum Gasteiger partial charge on any atom is 0.0529 e. The summed E-state index contributed by atoms with van der Waals surface area (Å²) < 4.78 is 5.34. The largest absolute Gasteiger partial charge is 0.381 e. The fourth-order valence-electron chi connectivity index (χ4n) is 1.70. The van der Waals surface area contributed by atoms with Crippen LogP contribution in [-0.2, 0) is 4.74 Å². The molecule has 1 saturated heterocycles. The molecule has 14 heavy (non-hydrogen) atoms. The van der Waals surface area contributed by atoms with Crippen LogP contribution in [0.2, 0.25) is 0 Å². The molecule has 0 aliphatic carbocycles. The molecule has 0 spiro atoms. The lowest BCUT2D eigenvalue weighted by atomic mass is 10.1. The van der Waals surface area contributed by atoms with Crippen molar-refractivity contribution in [1.82, 2.24) is 5.32 Å². The summed E-state index contributed by atoms with van der Waals surface area (Å²) in [6, 6.07) is 0. The predicted octanol–water partition coefficient (Wildman–Crippen LogP) is 2.21. The molecule has 0 radical (unpaired) electrons. The Bertz CT molecular complexity index is 181. The van der Waals surface area contributed by atoms with E-state index in [2.05, 4.69) is 32.2 Å². The van der Waals surface area contributed by atoms with Gasteiger partial charge in [0.05, 0.1) is 6.61 Å². The fraction of sp³-hybridized carbons (Fsp3) is 0.833. The van der Waals surface area contributed by atoms with E-state index in [1.165, 1.54) is 12.0 Å². The summed E-state index contributed by atoms with van der Waals surface area (Å²) in [5.41, 5.74) is 1.45. The van der Waals surface area contributed by atoms with E-state index in [0.717, 1.165) is 32.2 Å². The molecule has 0 amide bonds. The minimum absolute atomic E-state index is 0.663. The van der Waals surface area contributed by atoms with Crippen LogP contribution in [0.4, 0.5) is 0 Å². The van der Waals surface area contributed by atoms with Crippen molar-refractivity contribution in [3.8, 4) is 0 Å². The SMILES string of the molecule is CC(=CC1CCOC1)CNCC(C)C. The first-order chi connectivity index (χ1) is 6.68. The van der Waals surface area contributed by atoms with Crippen molar-refractivity contribution in [2.45, 2.75) is 27.2 Å². The number of hydrogen-bond donors (Lipinski definition) is 1. The van der Waals surface area contributed by atoms with Crippen molar-refractivity contribution >= 4 is 0 Å². The third-order valence-corrected chi connectivity index (χ3v) is 2.44. The van der Waals surface area contributed by atoms with Gasteiger partial charge in [0.1, 0.15) is 0 Å². The number of rotatable bonds is 5. The third-order valence-electron chi connectivity index (χ3n) is 2.44. The Balaban J connectivity index is 2.16. The van der Waals surface area contributed by atoms with E-state index in [1.807, 2.05) is 0 Å². The summed E-state index contributed by atoms with van der Waals surface area (Å²) in [6.45, 7) is 10.6. The second kappa shape index (κ2) is 6.20. The average Bonchev–Trinajstić information content (AvgIpc) is 2.56. The summed E-state index contributed by atoms with van der Waals surface area (Å²) in [7, 11) is 0. The normalized spacial score (nSPS) is 23.4. The van der Waals surface area contributed by atoms with E-state index in [1.54, 1.807) is 0 Å². The van der Waals surface area contributed by atoms with Crippen molar-refractivity contribution in [1.29, 1.82) is 0 Å². The molecule has 1 N–H and O–H groups in total. The van der Waals surface area contributed by atoms with Gasteiger partial charge in [-0.3, -0.25) is 0 Å². The molecule has 1 aliphatic rings. The molecule has 0 aromatic rings. The van der Waals surface area contributed by atoms with Crippen LogP contribution < -0.4 is 5.32 Å². The minimum atomic E-state index is 0.663. The van der Waals surface area contributed by atoms with E-state index in [-0.39, 0.29) is 0 Å². The van der Waals surface area contributed by atoms with Crippen LogP contribution in [-0.4, -0.2) is 26.3 Å². The Kier molecular flexibility index (Phi) is 5.20. The molecule has 2 nitrogen and oxygen atoms in total. The van der Waals surface area contributed by atoms with Crippen molar-refractivity contribution in [3.63, 3.8) is 0 Å². The van der Waals surface area contributed by atoms with Crippen molar-refractivity contribution in [2.24, 2.45) is 11.8 Å². The smallest absolute Gasteiger partial charge is 0.0529 e. The minimum Gasteiger partial charge on any atom is -0.381 e. The molecule has 1 rings (SSSR count). The van der Waals surface area contributed by atoms with E-state index in [9.17, 15) is 0 Å². The topological polar surface area (TPSA) is 21.3 Å². The number of ether oxygens (including phenoxy) is 1. The second-order valence-electron chi connectivity index (χ2n) is 4.66. The lowest BCUT2D eigenvalue weighted by molar-refractivity contribution is 0.191. The third kappa shape index (κ3) is 4.77. The molecular weight excluding hydrogens is 174 g/mol. The van der Waals surface area contributed by atoms with Crippen molar-refractivity contribution < 1.29 is 4.74 Å². The maximum absolute atomic E-state index is 5.34. The van der Waals surface area contributed by atoms with Crippen LogP contribution >= 0.6 is 0 Å². The van der Waals surface area contributed by atoms with Crippen LogP contribution in [0.15, 0.2) is 11.6 Å². The van der Waals surface area contributed by atoms with Gasteiger partial charge in [-0.2, -0.15) is 0 Å². The zero-order chi connectivity index (χ0) is 10.4. The van der Waals surface area contributed by atoms with Gasteiger partial charge >= 0.3 is 0 Å². The molecule has 1 fully saturated rings. The molecule has 0 bridgehead atoms. The van der Waals surface area contributed by atoms with Gasteiger partial charge in [-0.25, -0.2) is 0 Å². The summed E-state index contributed by atoms with van der Waals surface area (Å²) in [5.74, 6) is 1.40. The molecule has 1 unspecified atom stereocenters. The van der Waals surface area contributed by atoms with Gasteiger partial charge in [0.25, 0.3) is 0 Å². The number of nitrogens with one attached hydrogen (secondary N) is 1. The average molecular weight is 197 g/mol. The Morgan fingerprint density at radius 3 is 2.93 bits per heavy atom. The maximum atomic E-state index is 5.34. The Hall–Kier alpha value is -0.340. The summed E-state index contributed by atoms with van der Waals surface area (Å²) in [4.78, 5) is 0. The van der Waals surface area contributed by atoms with Gasteiger partial charge in [-0.05, 0) is 25.8 Å². The first-order valence-corrected chi connectivity index (χ1v) is 5.64. The van der Waals surface area contributed by atoms with Gasteiger partial charge < -0.3 is 10.1 Å². The van der Waals surface area contributed by atoms with Crippen LogP contribution in [0.5, 0.6) is 0 Å². The Labute approximate surface area is 87.7 Å². The van der Waals surface area contributed by atoms with Gasteiger partial charge in [-0.1, -0.05) is 25.5 Å². The highest BCUT2D eigenvalue weighted by atomic mass is 16.5. The standard InChI is InChI=1S/C12H23NO/c1-10(2)7-13-8-11(3)6-12-4-5-14-9-12/h6,10,12-13H,4-5,7-9H2,1-3H3. The highest BCUT2D eigenvalue weighted by Crippen LogP contribution is 2.15. The summed E-state index contributed by atoms with van der Waals surface area (Å²) >= 11 is 0. The van der Waals surface area contributed by atoms with E-state index < -0.39 is 0 Å². The molecular formula is C12H23NO. The monoisotopic (exact) mass is 197 g/mol. The molecule has 0 aromatic carbocycles. The lowest BCUT2D eigenvalue weighted by Crippen LogP contribution is -2.21. The Morgan fingerprint density at radius 2 is 2.36 bits per heavy atom. The first-order valence-electron chi connectivity index (χ1n) is 5.64. The zero-order valence-electron chi connectivity index (χ0n) is 9.68. The van der Waals surface area contributed by atoms with E-state index >= 15 is 0 Å². The molecule has 2 heteroatoms. The lowest BCUT2D eigenvalue weighted by Gasteiger charge is -2.09. The summed E-state index contributed by atoms with van der Waals surface area (Å²) in [5, 5.41) is 3.45. The van der Waals surface area contributed by atoms with Gasteiger partial charge in [-0.15, -0.1) is 0 Å². The van der Waals surface area contributed by atoms with Gasteiger partial charge in [0.15, 0.2) is 0 Å². The highest BCUT2D eigenvalue weighted by molar-refractivity contribution is 5.04. The van der Waals surface area contributed by atoms with Crippen molar-refractivity contribution in [2.75, 3.05) is 26.3 Å². The molecule has 1 atom stereocenters. The highest BCUT2D eigenvalue weighted by Gasteiger charge is 2.12. The summed E-state index contributed by atoms with van der Waals surface area (Å²) in [6.07, 6.45) is 3.56. The van der Waals surface area contributed by atoms with Gasteiger partial charge in [0.2, 0.25) is 0 Å². The number of hydrogen-bond acceptors (Lipinski definition) is 2. The zero-order valence-corrected chi connectivity index (χ0v) is 9.68. The van der Waals surface area contributed by atoms with Crippen LogP contribution in [0.1, 0.15) is 27.2 Å². The van der Waals surface area contributed by atoms with Gasteiger partial charge in [0, 0.05) is 19.1 Å². The first kappa shape index (κ1) is 11.7. The molecule has 1 heterocycles. The molecule has 82 valence electrons.